The van der Waals surface area contributed by atoms with Crippen molar-refractivity contribution < 1.29 is 4.74 Å². The van der Waals surface area contributed by atoms with Gasteiger partial charge in [-0.2, -0.15) is 0 Å². The quantitative estimate of drug-likeness (QED) is 0.506. The van der Waals surface area contributed by atoms with E-state index in [4.69, 9.17) is 4.74 Å². The lowest BCUT2D eigenvalue weighted by Gasteiger charge is -2.29. The molecule has 2 heterocycles. The molecule has 1 N–H and O–H groups in total. The zero-order valence-electron chi connectivity index (χ0n) is 4.59. The fraction of sp³-hybridized carbons (Fsp3) is 1.00. The van der Waals surface area contributed by atoms with Gasteiger partial charge in [-0.15, -0.1) is 12.4 Å². The van der Waals surface area contributed by atoms with Gasteiger partial charge in [0.15, 0.2) is 0 Å². The van der Waals surface area contributed by atoms with Crippen LogP contribution in [0.3, 0.4) is 0 Å². The molecule has 2 aliphatic heterocycles. The maximum atomic E-state index is 5.17. The van der Waals surface area contributed by atoms with E-state index in [9.17, 15) is 0 Å². The Hall–Kier alpha value is 0.210. The molecule has 0 aromatic rings. The van der Waals surface area contributed by atoms with Gasteiger partial charge in [0.1, 0.15) is 0 Å². The summed E-state index contributed by atoms with van der Waals surface area (Å²) in [5.74, 6) is 0.861. The van der Waals surface area contributed by atoms with E-state index in [0.717, 1.165) is 25.2 Å². The van der Waals surface area contributed by atoms with Crippen molar-refractivity contribution in [2.75, 3.05) is 19.8 Å². The molecule has 8 heavy (non-hydrogen) atoms. The van der Waals surface area contributed by atoms with Crippen molar-refractivity contribution in [2.45, 2.75) is 6.04 Å². The largest absolute Gasteiger partial charge is 0.379 e. The Kier molecular flexibility index (Phi) is 1.75. The van der Waals surface area contributed by atoms with Gasteiger partial charge in [0.25, 0.3) is 0 Å². The summed E-state index contributed by atoms with van der Waals surface area (Å²) in [5, 5.41) is 3.28. The van der Waals surface area contributed by atoms with E-state index in [-0.39, 0.29) is 12.4 Å². The van der Waals surface area contributed by atoms with Crippen LogP contribution in [0.1, 0.15) is 0 Å². The molecule has 0 amide bonds. The van der Waals surface area contributed by atoms with Crippen LogP contribution in [0.4, 0.5) is 0 Å². The first-order valence-corrected chi connectivity index (χ1v) is 2.78. The predicted octanol–water partition coefficient (Wildman–Crippen LogP) is 0.0264. The minimum Gasteiger partial charge on any atom is -0.379 e. The van der Waals surface area contributed by atoms with Crippen molar-refractivity contribution in [3.63, 3.8) is 0 Å². The first-order chi connectivity index (χ1) is 3.47. The number of nitrogens with one attached hydrogen (secondary N) is 1. The van der Waals surface area contributed by atoms with Gasteiger partial charge < -0.3 is 10.1 Å². The average molecular weight is 136 g/mol. The highest BCUT2D eigenvalue weighted by molar-refractivity contribution is 5.85. The van der Waals surface area contributed by atoms with E-state index in [1.807, 2.05) is 0 Å². The molecule has 48 valence electrons. The molecular weight excluding hydrogens is 126 g/mol. The molecule has 0 aromatic heterocycles. The van der Waals surface area contributed by atoms with Gasteiger partial charge in [0.05, 0.1) is 13.2 Å². The van der Waals surface area contributed by atoms with Gasteiger partial charge in [-0.05, 0) is 0 Å². The zero-order chi connectivity index (χ0) is 4.69. The van der Waals surface area contributed by atoms with Crippen LogP contribution in [0, 0.1) is 5.92 Å². The second kappa shape index (κ2) is 2.21. The Morgan fingerprint density at radius 3 is 2.50 bits per heavy atom. The monoisotopic (exact) mass is 135 g/mol. The SMILES string of the molecule is C1NC2COCC12.Cl. The number of halogens is 1. The molecule has 2 nitrogen and oxygen atoms in total. The average Bonchev–Trinajstić information content (AvgIpc) is 1.85. The van der Waals surface area contributed by atoms with Crippen LogP contribution in [-0.4, -0.2) is 25.8 Å². The summed E-state index contributed by atoms with van der Waals surface area (Å²) in [5.41, 5.74) is 0. The third-order valence-corrected chi connectivity index (χ3v) is 1.84. The van der Waals surface area contributed by atoms with Crippen molar-refractivity contribution >= 4 is 12.4 Å². The highest BCUT2D eigenvalue weighted by Crippen LogP contribution is 2.19. The Bertz CT molecular complexity index is 78.5. The number of rotatable bonds is 0. The summed E-state index contributed by atoms with van der Waals surface area (Å²) in [6, 6.07) is 0.722. The zero-order valence-corrected chi connectivity index (χ0v) is 5.41. The van der Waals surface area contributed by atoms with Crippen molar-refractivity contribution in [1.82, 2.24) is 5.32 Å². The van der Waals surface area contributed by atoms with Gasteiger partial charge in [-0.25, -0.2) is 0 Å². The van der Waals surface area contributed by atoms with Gasteiger partial charge in [-0.3, -0.25) is 0 Å². The van der Waals surface area contributed by atoms with Crippen LogP contribution in [0.15, 0.2) is 0 Å². The summed E-state index contributed by atoms with van der Waals surface area (Å²) < 4.78 is 5.17. The lowest BCUT2D eigenvalue weighted by molar-refractivity contribution is 0.191. The van der Waals surface area contributed by atoms with E-state index in [2.05, 4.69) is 5.32 Å². The topological polar surface area (TPSA) is 21.3 Å². The minimum atomic E-state index is 0. The second-order valence-electron chi connectivity index (χ2n) is 2.31. The Morgan fingerprint density at radius 1 is 1.38 bits per heavy atom. The molecule has 0 saturated carbocycles. The van der Waals surface area contributed by atoms with E-state index >= 15 is 0 Å². The number of hydrogen-bond donors (Lipinski definition) is 1. The highest BCUT2D eigenvalue weighted by atomic mass is 35.5. The summed E-state index contributed by atoms with van der Waals surface area (Å²) >= 11 is 0. The second-order valence-corrected chi connectivity index (χ2v) is 2.31. The maximum Gasteiger partial charge on any atom is 0.0623 e. The Morgan fingerprint density at radius 2 is 2.25 bits per heavy atom. The van der Waals surface area contributed by atoms with E-state index in [1.165, 1.54) is 6.54 Å². The maximum absolute atomic E-state index is 5.17. The predicted molar refractivity (Wildman–Crippen MR) is 33.3 cm³/mol. The summed E-state index contributed by atoms with van der Waals surface area (Å²) in [7, 11) is 0. The number of fused-ring (bicyclic) bond motifs is 1. The van der Waals surface area contributed by atoms with Gasteiger partial charge in [-0.1, -0.05) is 0 Å². The van der Waals surface area contributed by atoms with Crippen LogP contribution in [-0.2, 0) is 4.74 Å². The first kappa shape index (κ1) is 6.33. The molecule has 2 saturated heterocycles. The van der Waals surface area contributed by atoms with Crippen LogP contribution in [0.2, 0.25) is 0 Å². The standard InChI is InChI=1S/C5H9NO.ClH/c1-4-2-7-3-5(4)6-1;/h4-6H,1-3H2;1H. The molecule has 0 aliphatic carbocycles. The molecular formula is C5H10ClNO. The third-order valence-electron chi connectivity index (χ3n) is 1.84. The Labute approximate surface area is 55.0 Å². The fourth-order valence-corrected chi connectivity index (χ4v) is 1.17. The van der Waals surface area contributed by atoms with Gasteiger partial charge in [0.2, 0.25) is 0 Å². The lowest BCUT2D eigenvalue weighted by Crippen LogP contribution is -2.51. The number of ether oxygens (including phenoxy) is 1. The number of hydrogen-bond acceptors (Lipinski definition) is 2. The first-order valence-electron chi connectivity index (χ1n) is 2.78. The van der Waals surface area contributed by atoms with E-state index < -0.39 is 0 Å². The molecule has 2 atom stereocenters. The lowest BCUT2D eigenvalue weighted by atomic mass is 9.96. The fourth-order valence-electron chi connectivity index (χ4n) is 1.17. The Balaban J connectivity index is 0.000000320. The summed E-state index contributed by atoms with van der Waals surface area (Å²) in [4.78, 5) is 0. The molecule has 2 rings (SSSR count). The van der Waals surface area contributed by atoms with Crippen molar-refractivity contribution in [1.29, 1.82) is 0 Å². The van der Waals surface area contributed by atoms with Crippen molar-refractivity contribution in [3.05, 3.63) is 0 Å². The molecule has 2 unspecified atom stereocenters. The van der Waals surface area contributed by atoms with Crippen LogP contribution in [0.25, 0.3) is 0 Å². The van der Waals surface area contributed by atoms with Crippen molar-refractivity contribution in [3.8, 4) is 0 Å². The van der Waals surface area contributed by atoms with Gasteiger partial charge >= 0.3 is 0 Å². The summed E-state index contributed by atoms with van der Waals surface area (Å²) in [6.07, 6.45) is 0. The molecule has 0 aromatic carbocycles. The molecule has 0 radical (unpaired) electrons. The molecule has 2 aliphatic rings. The van der Waals surface area contributed by atoms with Crippen LogP contribution in [0.5, 0.6) is 0 Å². The van der Waals surface area contributed by atoms with E-state index in [1.54, 1.807) is 0 Å². The van der Waals surface area contributed by atoms with Crippen LogP contribution < -0.4 is 5.32 Å². The molecule has 0 bridgehead atoms. The molecule has 3 heteroatoms. The third kappa shape index (κ3) is 0.729. The van der Waals surface area contributed by atoms with Crippen molar-refractivity contribution in [2.24, 2.45) is 5.92 Å². The van der Waals surface area contributed by atoms with Gasteiger partial charge in [0, 0.05) is 18.5 Å². The highest BCUT2D eigenvalue weighted by Gasteiger charge is 2.34. The smallest absolute Gasteiger partial charge is 0.0623 e. The molecule has 2 fully saturated rings. The molecule has 0 spiro atoms. The van der Waals surface area contributed by atoms with E-state index in [0.29, 0.717) is 0 Å². The summed E-state index contributed by atoms with van der Waals surface area (Å²) in [6.45, 7) is 3.13. The normalized spacial score (nSPS) is 42.0. The minimum absolute atomic E-state index is 0. The van der Waals surface area contributed by atoms with Crippen LogP contribution >= 0.6 is 12.4 Å².